The van der Waals surface area contributed by atoms with E-state index in [-0.39, 0.29) is 31.5 Å². The molecule has 49 heavy (non-hydrogen) atoms. The third-order valence-corrected chi connectivity index (χ3v) is 8.98. The van der Waals surface area contributed by atoms with Crippen LogP contribution < -0.4 is 16.0 Å². The zero-order valence-corrected chi connectivity index (χ0v) is 26.8. The number of fused-ring (bicyclic) bond motifs is 2. The molecule has 13 heteroatoms. The second-order valence-electron chi connectivity index (χ2n) is 12.5. The Bertz CT molecular complexity index is 1860. The number of benzene rings is 3. The molecule has 5 N–H and O–H groups in total. The highest BCUT2D eigenvalue weighted by Gasteiger charge is 2.42. The summed E-state index contributed by atoms with van der Waals surface area (Å²) in [6.07, 6.45) is 0.742. The number of nitrogens with zero attached hydrogens (tertiary/aromatic N) is 2. The normalized spacial score (nSPS) is 24.0. The van der Waals surface area contributed by atoms with Crippen molar-refractivity contribution in [2.45, 2.75) is 50.0 Å². The number of H-pyrrole nitrogens is 1. The number of para-hydroxylation sites is 1. The lowest BCUT2D eigenvalue weighted by atomic mass is 10.0. The van der Waals surface area contributed by atoms with Gasteiger partial charge in [-0.25, -0.2) is 4.39 Å². The van der Waals surface area contributed by atoms with E-state index in [4.69, 9.17) is 0 Å². The Morgan fingerprint density at radius 3 is 2.35 bits per heavy atom. The number of hydrogen-bond acceptors (Lipinski definition) is 6. The second kappa shape index (κ2) is 14.3. The minimum Gasteiger partial charge on any atom is -0.391 e. The average Bonchev–Trinajstić information content (AvgIpc) is 3.70. The molecule has 3 aromatic carbocycles. The molecule has 12 nitrogen and oxygen atoms in total. The summed E-state index contributed by atoms with van der Waals surface area (Å²) in [5, 5.41) is 19.8. The molecule has 2 fully saturated rings. The van der Waals surface area contributed by atoms with E-state index in [2.05, 4.69) is 20.9 Å². The summed E-state index contributed by atoms with van der Waals surface area (Å²) in [6, 6.07) is 17.1. The zero-order valence-electron chi connectivity index (χ0n) is 26.8. The molecule has 5 atom stereocenters. The first-order valence-corrected chi connectivity index (χ1v) is 16.1. The second-order valence-corrected chi connectivity index (χ2v) is 12.5. The van der Waals surface area contributed by atoms with Gasteiger partial charge in [-0.1, -0.05) is 48.5 Å². The molecule has 0 spiro atoms. The van der Waals surface area contributed by atoms with Gasteiger partial charge in [0.15, 0.2) is 0 Å². The van der Waals surface area contributed by atoms with Crippen molar-refractivity contribution in [3.63, 3.8) is 0 Å². The van der Waals surface area contributed by atoms with E-state index in [1.54, 1.807) is 36.5 Å². The standard InChI is InChI=1S/C36H37FN6O6/c1-21-33(46)41-30(22-7-3-2-4-8-22)19-42(35(48)23-11-13-25(37)14-12-23)20-32(45)40-29(15-24-17-38-28-10-6-5-9-27(24)28)36(49)43-18-26(44)16-31(43)34(47)39-21/h2-14,17,21,26,29-31,38,44H,15-16,18-20H2,1H3,(H,39,47)(H,40,45)(H,41,46)/t21-,26+,29+,30-,31-/m0/s1. The summed E-state index contributed by atoms with van der Waals surface area (Å²) in [5.41, 5.74) is 2.32. The van der Waals surface area contributed by atoms with Gasteiger partial charge in [0, 0.05) is 48.6 Å². The van der Waals surface area contributed by atoms with Gasteiger partial charge in [0.1, 0.15) is 23.9 Å². The van der Waals surface area contributed by atoms with Gasteiger partial charge < -0.3 is 35.8 Å². The molecular weight excluding hydrogens is 631 g/mol. The molecule has 5 amide bonds. The number of nitrogens with one attached hydrogen (secondary N) is 4. The lowest BCUT2D eigenvalue weighted by Gasteiger charge is -2.30. The Morgan fingerprint density at radius 2 is 1.59 bits per heavy atom. The van der Waals surface area contributed by atoms with E-state index in [0.717, 1.165) is 28.6 Å². The lowest BCUT2D eigenvalue weighted by Crippen LogP contribution is -2.56. The van der Waals surface area contributed by atoms with Crippen LogP contribution in [0.4, 0.5) is 4.39 Å². The largest absolute Gasteiger partial charge is 0.391 e. The van der Waals surface area contributed by atoms with E-state index in [1.165, 1.54) is 28.9 Å². The number of carbonyl (C=O) groups is 5. The first-order chi connectivity index (χ1) is 23.6. The number of amides is 5. The number of halogens is 1. The highest BCUT2D eigenvalue weighted by molar-refractivity contribution is 5.98. The van der Waals surface area contributed by atoms with Crippen molar-refractivity contribution < 1.29 is 33.5 Å². The molecule has 3 heterocycles. The fourth-order valence-electron chi connectivity index (χ4n) is 6.45. The SMILES string of the molecule is C[C@@H]1NC(=O)[C@@H]2C[C@@H](O)CN2C(=O)[C@@H](Cc2c[nH]c3ccccc23)NC(=O)CN(C(=O)c2ccc(F)cc2)C[C@@H](c2ccccc2)NC1=O. The lowest BCUT2D eigenvalue weighted by molar-refractivity contribution is -0.142. The van der Waals surface area contributed by atoms with Crippen LogP contribution in [0.25, 0.3) is 10.9 Å². The van der Waals surface area contributed by atoms with Crippen molar-refractivity contribution in [1.29, 1.82) is 0 Å². The maximum Gasteiger partial charge on any atom is 0.254 e. The number of aliphatic hydroxyl groups is 1. The van der Waals surface area contributed by atoms with E-state index in [9.17, 15) is 33.5 Å². The van der Waals surface area contributed by atoms with Crippen molar-refractivity contribution in [2.24, 2.45) is 0 Å². The van der Waals surface area contributed by atoms with Gasteiger partial charge in [0.25, 0.3) is 5.91 Å². The molecule has 2 aliphatic rings. The van der Waals surface area contributed by atoms with Gasteiger partial charge >= 0.3 is 0 Å². The summed E-state index contributed by atoms with van der Waals surface area (Å²) in [4.78, 5) is 74.7. The minimum absolute atomic E-state index is 0.0461. The predicted octanol–water partition coefficient (Wildman–Crippen LogP) is 1.81. The Morgan fingerprint density at radius 1 is 0.878 bits per heavy atom. The Hall–Kier alpha value is -5.56. The summed E-state index contributed by atoms with van der Waals surface area (Å²) in [5.74, 6) is -3.59. The quantitative estimate of drug-likeness (QED) is 0.223. The molecule has 0 aliphatic carbocycles. The van der Waals surface area contributed by atoms with Crippen molar-refractivity contribution in [2.75, 3.05) is 19.6 Å². The fraction of sp³-hybridized carbons (Fsp3) is 0.306. The molecule has 4 aromatic rings. The first-order valence-electron chi connectivity index (χ1n) is 16.1. The molecule has 6 rings (SSSR count). The molecule has 0 saturated carbocycles. The Kier molecular flexibility index (Phi) is 9.72. The molecule has 2 saturated heterocycles. The van der Waals surface area contributed by atoms with Gasteiger partial charge in [-0.05, 0) is 48.4 Å². The zero-order chi connectivity index (χ0) is 34.7. The molecule has 0 unspecified atom stereocenters. The van der Waals surface area contributed by atoms with Gasteiger partial charge in [-0.15, -0.1) is 0 Å². The van der Waals surface area contributed by atoms with Crippen LogP contribution in [0.5, 0.6) is 0 Å². The van der Waals surface area contributed by atoms with Crippen LogP contribution >= 0.6 is 0 Å². The molecule has 0 bridgehead atoms. The van der Waals surface area contributed by atoms with Crippen LogP contribution in [0.1, 0.15) is 40.9 Å². The topological polar surface area (TPSA) is 164 Å². The van der Waals surface area contributed by atoms with E-state index < -0.39 is 72.2 Å². The van der Waals surface area contributed by atoms with Crippen molar-refractivity contribution in [3.8, 4) is 0 Å². The maximum absolute atomic E-state index is 14.2. The van der Waals surface area contributed by atoms with E-state index in [0.29, 0.717) is 5.56 Å². The molecular formula is C36H37FN6O6. The van der Waals surface area contributed by atoms with Crippen LogP contribution in [0.3, 0.4) is 0 Å². The number of aliphatic hydroxyl groups excluding tert-OH is 1. The van der Waals surface area contributed by atoms with Crippen LogP contribution in [-0.2, 0) is 25.6 Å². The maximum atomic E-state index is 14.2. The number of carbonyl (C=O) groups excluding carboxylic acids is 5. The summed E-state index contributed by atoms with van der Waals surface area (Å²) in [7, 11) is 0. The Labute approximate surface area is 281 Å². The van der Waals surface area contributed by atoms with Crippen LogP contribution in [0, 0.1) is 5.82 Å². The summed E-state index contributed by atoms with van der Waals surface area (Å²) in [6.45, 7) is 0.675. The van der Waals surface area contributed by atoms with Crippen molar-refractivity contribution >= 4 is 40.4 Å². The van der Waals surface area contributed by atoms with Crippen LogP contribution in [0.15, 0.2) is 85.1 Å². The number of aromatic amines is 1. The first kappa shape index (κ1) is 33.3. The molecule has 0 radical (unpaired) electrons. The summed E-state index contributed by atoms with van der Waals surface area (Å²) < 4.78 is 13.8. The van der Waals surface area contributed by atoms with Crippen molar-refractivity contribution in [3.05, 3.63) is 108 Å². The molecule has 1 aromatic heterocycles. The fourth-order valence-corrected chi connectivity index (χ4v) is 6.45. The molecule has 2 aliphatic heterocycles. The number of aromatic nitrogens is 1. The highest BCUT2D eigenvalue weighted by Crippen LogP contribution is 2.24. The van der Waals surface area contributed by atoms with Gasteiger partial charge in [-0.2, -0.15) is 0 Å². The van der Waals surface area contributed by atoms with Crippen molar-refractivity contribution in [1.82, 2.24) is 30.7 Å². The summed E-state index contributed by atoms with van der Waals surface area (Å²) >= 11 is 0. The van der Waals surface area contributed by atoms with Gasteiger partial charge in [-0.3, -0.25) is 24.0 Å². The average molecular weight is 669 g/mol. The smallest absolute Gasteiger partial charge is 0.254 e. The highest BCUT2D eigenvalue weighted by atomic mass is 19.1. The van der Waals surface area contributed by atoms with E-state index in [1.807, 2.05) is 24.3 Å². The third-order valence-electron chi connectivity index (χ3n) is 8.98. The van der Waals surface area contributed by atoms with Gasteiger partial charge in [0.05, 0.1) is 18.7 Å². The predicted molar refractivity (Wildman–Crippen MR) is 177 cm³/mol. The molecule has 254 valence electrons. The van der Waals surface area contributed by atoms with E-state index >= 15 is 0 Å². The van der Waals surface area contributed by atoms with Gasteiger partial charge in [0.2, 0.25) is 23.6 Å². The monoisotopic (exact) mass is 668 g/mol. The minimum atomic E-state index is -1.18. The number of hydrogen-bond donors (Lipinski definition) is 5. The van der Waals surface area contributed by atoms with Crippen LogP contribution in [-0.4, -0.2) is 93.3 Å². The third kappa shape index (κ3) is 7.46. The Balaban J connectivity index is 1.39. The van der Waals surface area contributed by atoms with Crippen LogP contribution in [0.2, 0.25) is 0 Å². The number of rotatable bonds is 4.